The second-order valence-electron chi connectivity index (χ2n) is 5.61. The van der Waals surface area contributed by atoms with Gasteiger partial charge in [0.25, 0.3) is 5.91 Å². The Kier molecular flexibility index (Phi) is 4.31. The Morgan fingerprint density at radius 2 is 2.12 bits per heavy atom. The minimum atomic E-state index is -4.57. The molecule has 1 saturated heterocycles. The van der Waals surface area contributed by atoms with Gasteiger partial charge in [0, 0.05) is 18.4 Å². The number of aromatic amines is 1. The summed E-state index contributed by atoms with van der Waals surface area (Å²) in [7, 11) is 0. The highest BCUT2D eigenvalue weighted by Crippen LogP contribution is 2.33. The molecule has 1 atom stereocenters. The van der Waals surface area contributed by atoms with Gasteiger partial charge in [0.15, 0.2) is 0 Å². The first kappa shape index (κ1) is 16.5. The Morgan fingerprint density at radius 3 is 2.79 bits per heavy atom. The summed E-state index contributed by atoms with van der Waals surface area (Å²) in [5.74, 6) is -0.0893. The summed E-state index contributed by atoms with van der Waals surface area (Å²) in [6.45, 7) is 2.46. The lowest BCUT2D eigenvalue weighted by Gasteiger charge is -2.32. The van der Waals surface area contributed by atoms with Crippen molar-refractivity contribution in [1.29, 1.82) is 0 Å². The minimum absolute atomic E-state index is 0.151. The van der Waals surface area contributed by atoms with E-state index in [9.17, 15) is 18.0 Å². The molecule has 1 aromatic heterocycles. The molecule has 128 valence electrons. The molecule has 1 fully saturated rings. The molecular formula is C16H16F3N3O2. The van der Waals surface area contributed by atoms with Crippen LogP contribution in [0.1, 0.15) is 33.5 Å². The van der Waals surface area contributed by atoms with Gasteiger partial charge in [-0.1, -0.05) is 12.1 Å². The first-order valence-corrected chi connectivity index (χ1v) is 7.45. The Hall–Kier alpha value is -2.35. The van der Waals surface area contributed by atoms with Crippen molar-refractivity contribution in [2.45, 2.75) is 19.2 Å². The minimum Gasteiger partial charge on any atom is -0.367 e. The number of imidazole rings is 1. The zero-order valence-corrected chi connectivity index (χ0v) is 12.9. The molecule has 1 aromatic carbocycles. The van der Waals surface area contributed by atoms with Crippen LogP contribution in [-0.2, 0) is 10.9 Å². The predicted octanol–water partition coefficient (Wildman–Crippen LogP) is 2.95. The Labute approximate surface area is 136 Å². The second-order valence-corrected chi connectivity index (χ2v) is 5.61. The number of halogens is 3. The predicted molar refractivity (Wildman–Crippen MR) is 79.4 cm³/mol. The number of nitrogens with zero attached hydrogens (tertiary/aromatic N) is 2. The molecule has 1 N–H and O–H groups in total. The third kappa shape index (κ3) is 3.28. The number of hydrogen-bond donors (Lipinski definition) is 1. The third-order valence-corrected chi connectivity index (χ3v) is 3.84. The van der Waals surface area contributed by atoms with Gasteiger partial charge in [0.2, 0.25) is 0 Å². The molecule has 0 spiro atoms. The van der Waals surface area contributed by atoms with Crippen LogP contribution in [0.2, 0.25) is 0 Å². The highest BCUT2D eigenvalue weighted by atomic mass is 19.4. The van der Waals surface area contributed by atoms with Crippen molar-refractivity contribution in [3.63, 3.8) is 0 Å². The summed E-state index contributed by atoms with van der Waals surface area (Å²) in [6.07, 6.45) is -3.41. The van der Waals surface area contributed by atoms with Crippen LogP contribution in [0.25, 0.3) is 0 Å². The van der Waals surface area contributed by atoms with Crippen molar-refractivity contribution in [3.05, 3.63) is 53.1 Å². The molecule has 24 heavy (non-hydrogen) atoms. The molecular weight excluding hydrogens is 323 g/mol. The number of benzene rings is 1. The van der Waals surface area contributed by atoms with Crippen LogP contribution in [0.15, 0.2) is 30.5 Å². The second kappa shape index (κ2) is 6.27. The molecule has 0 radical (unpaired) electrons. The maximum atomic E-state index is 13.1. The van der Waals surface area contributed by atoms with Crippen LogP contribution in [0.5, 0.6) is 0 Å². The largest absolute Gasteiger partial charge is 0.417 e. The van der Waals surface area contributed by atoms with Crippen molar-refractivity contribution < 1.29 is 22.7 Å². The lowest BCUT2D eigenvalue weighted by Crippen LogP contribution is -2.43. The third-order valence-electron chi connectivity index (χ3n) is 3.84. The van der Waals surface area contributed by atoms with E-state index in [1.54, 1.807) is 6.20 Å². The molecule has 2 heterocycles. The smallest absolute Gasteiger partial charge is 0.367 e. The zero-order chi connectivity index (χ0) is 17.3. The quantitative estimate of drug-likeness (QED) is 0.915. The van der Waals surface area contributed by atoms with E-state index in [0.29, 0.717) is 5.82 Å². The number of rotatable bonds is 2. The fraction of sp³-hybridized carbons (Fsp3) is 0.375. The number of carbonyl (C=O) groups excluding carboxylic acids is 1. The summed E-state index contributed by atoms with van der Waals surface area (Å²) in [5, 5.41) is 0. The molecule has 8 heteroatoms. The summed E-state index contributed by atoms with van der Waals surface area (Å²) in [4.78, 5) is 21.2. The van der Waals surface area contributed by atoms with Crippen LogP contribution >= 0.6 is 0 Å². The van der Waals surface area contributed by atoms with E-state index >= 15 is 0 Å². The number of nitrogens with one attached hydrogen (secondary N) is 1. The summed E-state index contributed by atoms with van der Waals surface area (Å²) in [6, 6.07) is 4.82. The molecule has 1 aliphatic heterocycles. The van der Waals surface area contributed by atoms with E-state index in [1.165, 1.54) is 23.1 Å². The molecule has 2 aromatic rings. The Bertz CT molecular complexity index is 742. The van der Waals surface area contributed by atoms with Gasteiger partial charge in [-0.15, -0.1) is 0 Å². The normalized spacial score (nSPS) is 18.7. The maximum Gasteiger partial charge on any atom is 0.417 e. The van der Waals surface area contributed by atoms with Gasteiger partial charge in [-0.05, 0) is 19.1 Å². The Balaban J connectivity index is 1.83. The van der Waals surface area contributed by atoms with Crippen molar-refractivity contribution >= 4 is 5.91 Å². The number of ether oxygens (including phenoxy) is 1. The average Bonchev–Trinajstić information content (AvgIpc) is 3.00. The molecule has 0 saturated carbocycles. The van der Waals surface area contributed by atoms with Crippen molar-refractivity contribution in [1.82, 2.24) is 14.9 Å². The molecule has 1 aliphatic rings. The van der Waals surface area contributed by atoms with E-state index in [4.69, 9.17) is 4.74 Å². The Morgan fingerprint density at radius 1 is 1.38 bits per heavy atom. The molecule has 0 aliphatic carbocycles. The fourth-order valence-corrected chi connectivity index (χ4v) is 2.68. The molecule has 1 unspecified atom stereocenters. The number of H-pyrrole nitrogens is 1. The van der Waals surface area contributed by atoms with Gasteiger partial charge in [-0.25, -0.2) is 4.98 Å². The van der Waals surface area contributed by atoms with E-state index in [0.717, 1.165) is 11.8 Å². The lowest BCUT2D eigenvalue weighted by atomic mass is 10.1. The van der Waals surface area contributed by atoms with Crippen molar-refractivity contribution in [2.75, 3.05) is 19.7 Å². The monoisotopic (exact) mass is 339 g/mol. The first-order valence-electron chi connectivity index (χ1n) is 7.45. The maximum absolute atomic E-state index is 13.1. The fourth-order valence-electron chi connectivity index (χ4n) is 2.68. The lowest BCUT2D eigenvalue weighted by molar-refractivity contribution is -0.138. The number of amides is 1. The van der Waals surface area contributed by atoms with Crippen molar-refractivity contribution in [2.24, 2.45) is 0 Å². The first-order chi connectivity index (χ1) is 11.4. The number of aryl methyl sites for hydroxylation is 1. The van der Waals surface area contributed by atoms with Crippen LogP contribution in [0, 0.1) is 6.92 Å². The van der Waals surface area contributed by atoms with Gasteiger partial charge in [0.1, 0.15) is 11.9 Å². The molecule has 5 nitrogen and oxygen atoms in total. The number of carbonyl (C=O) groups is 1. The molecule has 0 bridgehead atoms. The number of morpholine rings is 1. The van der Waals surface area contributed by atoms with Gasteiger partial charge in [-0.2, -0.15) is 13.2 Å². The zero-order valence-electron chi connectivity index (χ0n) is 12.9. The standard InChI is InChI=1S/C16H16F3N3O2/c1-10-8-20-14(21-10)13-9-22(6-7-24-13)15(23)11-4-2-3-5-12(11)16(17,18)19/h2-5,8,13H,6-7,9H2,1H3,(H,20,21). The summed E-state index contributed by atoms with van der Waals surface area (Å²) in [5.41, 5.74) is -0.423. The molecule has 3 rings (SSSR count). The van der Waals surface area contributed by atoms with Gasteiger partial charge in [-0.3, -0.25) is 4.79 Å². The highest BCUT2D eigenvalue weighted by molar-refractivity contribution is 5.96. The van der Waals surface area contributed by atoms with Crippen LogP contribution < -0.4 is 0 Å². The SMILES string of the molecule is Cc1cnc(C2CN(C(=O)c3ccccc3C(F)(F)F)CCO2)[nH]1. The van der Waals surface area contributed by atoms with Crippen molar-refractivity contribution in [3.8, 4) is 0 Å². The van der Waals surface area contributed by atoms with Crippen LogP contribution in [-0.4, -0.2) is 40.5 Å². The van der Waals surface area contributed by atoms with E-state index in [2.05, 4.69) is 9.97 Å². The van der Waals surface area contributed by atoms with E-state index in [1.807, 2.05) is 6.92 Å². The van der Waals surface area contributed by atoms with E-state index < -0.39 is 23.8 Å². The topological polar surface area (TPSA) is 58.2 Å². The van der Waals surface area contributed by atoms with Crippen LogP contribution in [0.3, 0.4) is 0 Å². The average molecular weight is 339 g/mol. The molecule has 1 amide bonds. The van der Waals surface area contributed by atoms with Gasteiger partial charge < -0.3 is 14.6 Å². The number of aromatic nitrogens is 2. The van der Waals surface area contributed by atoms with Gasteiger partial charge in [0.05, 0.1) is 24.3 Å². The van der Waals surface area contributed by atoms with Gasteiger partial charge >= 0.3 is 6.18 Å². The number of hydrogen-bond acceptors (Lipinski definition) is 3. The summed E-state index contributed by atoms with van der Waals surface area (Å²) >= 11 is 0. The number of alkyl halides is 3. The highest BCUT2D eigenvalue weighted by Gasteiger charge is 2.37. The van der Waals surface area contributed by atoms with E-state index in [-0.39, 0.29) is 25.3 Å². The summed E-state index contributed by atoms with van der Waals surface area (Å²) < 4.78 is 44.9. The van der Waals surface area contributed by atoms with Crippen LogP contribution in [0.4, 0.5) is 13.2 Å².